The van der Waals surface area contributed by atoms with Gasteiger partial charge in [-0.15, -0.1) is 10.2 Å². The number of carbonyl (C=O) groups excluding carboxylic acids is 2. The van der Waals surface area contributed by atoms with Crippen LogP contribution in [0.3, 0.4) is 0 Å². The lowest BCUT2D eigenvalue weighted by molar-refractivity contribution is -0.142. The lowest BCUT2D eigenvalue weighted by Crippen LogP contribution is -2.47. The number of hydrogen-bond donors (Lipinski definition) is 2. The number of rotatable bonds is 4. The van der Waals surface area contributed by atoms with E-state index in [4.69, 9.17) is 5.73 Å². The van der Waals surface area contributed by atoms with E-state index in [-0.39, 0.29) is 23.8 Å². The maximum atomic E-state index is 12.7. The highest BCUT2D eigenvalue weighted by Gasteiger charge is 2.37. The number of nitrogens with one attached hydrogen (secondary N) is 1. The van der Waals surface area contributed by atoms with Gasteiger partial charge in [-0.25, -0.2) is 0 Å². The highest BCUT2D eigenvalue weighted by molar-refractivity contribution is 7.15. The Balaban J connectivity index is 1.56. The Morgan fingerprint density at radius 3 is 2.65 bits per heavy atom. The Labute approximate surface area is 139 Å². The molecule has 1 aliphatic carbocycles. The van der Waals surface area contributed by atoms with Crippen LogP contribution in [0, 0.1) is 5.92 Å². The molecule has 0 bridgehead atoms. The second-order valence-electron chi connectivity index (χ2n) is 6.28. The molecule has 0 radical (unpaired) electrons. The van der Waals surface area contributed by atoms with E-state index in [1.54, 1.807) is 4.90 Å². The van der Waals surface area contributed by atoms with Gasteiger partial charge in [0.2, 0.25) is 16.9 Å². The lowest BCUT2D eigenvalue weighted by atomic mass is 9.88. The molecule has 3 rings (SSSR count). The summed E-state index contributed by atoms with van der Waals surface area (Å²) in [4.78, 5) is 26.9. The predicted molar refractivity (Wildman–Crippen MR) is 87.5 cm³/mol. The van der Waals surface area contributed by atoms with Crippen LogP contribution in [0.4, 0.5) is 5.13 Å². The first-order valence-electron chi connectivity index (χ1n) is 8.31. The zero-order chi connectivity index (χ0) is 16.2. The number of likely N-dealkylation sites (tertiary alicyclic amines) is 1. The Morgan fingerprint density at radius 2 is 1.96 bits per heavy atom. The van der Waals surface area contributed by atoms with Crippen molar-refractivity contribution >= 4 is 28.3 Å². The third-order valence-electron chi connectivity index (χ3n) is 4.69. The Bertz CT molecular complexity index is 570. The maximum absolute atomic E-state index is 12.7. The Hall–Kier alpha value is -1.70. The SMILES string of the molecule is Nc1nnc(CNC(=O)[C@@H]2CCCN2C(=O)C2CCCCC2)s1. The molecular formula is C15H23N5O2S. The summed E-state index contributed by atoms with van der Waals surface area (Å²) in [5, 5.41) is 11.6. The molecule has 3 N–H and O–H groups in total. The van der Waals surface area contributed by atoms with Gasteiger partial charge in [0.25, 0.3) is 0 Å². The number of aromatic nitrogens is 2. The standard InChI is InChI=1S/C15H23N5O2S/c16-15-19-18-12(23-15)9-17-13(21)11-7-4-8-20(11)14(22)10-5-2-1-3-6-10/h10-11H,1-9H2,(H2,16,19)(H,17,21)/t11-/m0/s1. The molecular weight excluding hydrogens is 314 g/mol. The topological polar surface area (TPSA) is 101 Å². The molecule has 1 saturated heterocycles. The fourth-order valence-corrected chi connectivity index (χ4v) is 4.05. The first-order chi connectivity index (χ1) is 11.1. The zero-order valence-electron chi connectivity index (χ0n) is 13.2. The first-order valence-corrected chi connectivity index (χ1v) is 9.13. The number of nitrogen functional groups attached to an aromatic ring is 1. The molecule has 23 heavy (non-hydrogen) atoms. The molecule has 2 amide bonds. The van der Waals surface area contributed by atoms with Crippen LogP contribution in [0.1, 0.15) is 50.0 Å². The largest absolute Gasteiger partial charge is 0.374 e. The average molecular weight is 337 g/mol. The molecule has 1 saturated carbocycles. The van der Waals surface area contributed by atoms with Crippen LogP contribution in [0.2, 0.25) is 0 Å². The number of nitrogens with zero attached hydrogens (tertiary/aromatic N) is 3. The van der Waals surface area contributed by atoms with E-state index in [9.17, 15) is 9.59 Å². The fraction of sp³-hybridized carbons (Fsp3) is 0.733. The molecule has 1 aromatic heterocycles. The molecule has 0 aromatic carbocycles. The second kappa shape index (κ2) is 7.25. The van der Waals surface area contributed by atoms with Crippen molar-refractivity contribution in [3.8, 4) is 0 Å². The summed E-state index contributed by atoms with van der Waals surface area (Å²) < 4.78 is 0. The van der Waals surface area contributed by atoms with Crippen LogP contribution < -0.4 is 11.1 Å². The van der Waals surface area contributed by atoms with E-state index in [0.29, 0.717) is 23.2 Å². The Morgan fingerprint density at radius 1 is 1.17 bits per heavy atom. The number of nitrogens with two attached hydrogens (primary N) is 1. The van der Waals surface area contributed by atoms with Crippen molar-refractivity contribution in [3.63, 3.8) is 0 Å². The van der Waals surface area contributed by atoms with Gasteiger partial charge in [-0.2, -0.15) is 0 Å². The van der Waals surface area contributed by atoms with Gasteiger partial charge in [-0.05, 0) is 25.7 Å². The smallest absolute Gasteiger partial charge is 0.243 e. The summed E-state index contributed by atoms with van der Waals surface area (Å²) in [6.45, 7) is 1.01. The van der Waals surface area contributed by atoms with Gasteiger partial charge >= 0.3 is 0 Å². The summed E-state index contributed by atoms with van der Waals surface area (Å²) in [6.07, 6.45) is 7.03. The normalized spacial score (nSPS) is 22.3. The lowest BCUT2D eigenvalue weighted by Gasteiger charge is -2.30. The van der Waals surface area contributed by atoms with Crippen molar-refractivity contribution in [2.24, 2.45) is 5.92 Å². The van der Waals surface area contributed by atoms with Gasteiger partial charge in [0, 0.05) is 12.5 Å². The molecule has 0 spiro atoms. The molecule has 2 heterocycles. The van der Waals surface area contributed by atoms with Crippen LogP contribution in [0.25, 0.3) is 0 Å². The molecule has 1 aromatic rings. The predicted octanol–water partition coefficient (Wildman–Crippen LogP) is 1.31. The summed E-state index contributed by atoms with van der Waals surface area (Å²) in [5.74, 6) is 0.183. The molecule has 7 nitrogen and oxygen atoms in total. The molecule has 2 fully saturated rings. The van der Waals surface area contributed by atoms with Crippen molar-refractivity contribution in [2.75, 3.05) is 12.3 Å². The third-order valence-corrected chi connectivity index (χ3v) is 5.44. The van der Waals surface area contributed by atoms with Gasteiger partial charge in [0.15, 0.2) is 0 Å². The molecule has 2 aliphatic rings. The van der Waals surface area contributed by atoms with Crippen LogP contribution in [0.5, 0.6) is 0 Å². The van der Waals surface area contributed by atoms with E-state index >= 15 is 0 Å². The number of anilines is 1. The monoisotopic (exact) mass is 337 g/mol. The van der Waals surface area contributed by atoms with Crippen LogP contribution in [-0.4, -0.2) is 39.5 Å². The van der Waals surface area contributed by atoms with Crippen LogP contribution >= 0.6 is 11.3 Å². The van der Waals surface area contributed by atoms with E-state index < -0.39 is 0 Å². The maximum Gasteiger partial charge on any atom is 0.243 e. The van der Waals surface area contributed by atoms with E-state index in [0.717, 1.165) is 38.5 Å². The molecule has 1 aliphatic heterocycles. The van der Waals surface area contributed by atoms with E-state index in [1.807, 2.05) is 0 Å². The highest BCUT2D eigenvalue weighted by Crippen LogP contribution is 2.28. The van der Waals surface area contributed by atoms with Gasteiger partial charge < -0.3 is 16.0 Å². The summed E-state index contributed by atoms with van der Waals surface area (Å²) in [7, 11) is 0. The van der Waals surface area contributed by atoms with E-state index in [1.165, 1.54) is 17.8 Å². The molecule has 126 valence electrons. The summed E-state index contributed by atoms with van der Waals surface area (Å²) >= 11 is 1.26. The average Bonchev–Trinajstić information content (AvgIpc) is 3.21. The van der Waals surface area contributed by atoms with Crippen LogP contribution in [0.15, 0.2) is 0 Å². The number of amides is 2. The summed E-state index contributed by atoms with van der Waals surface area (Å²) in [6, 6.07) is -0.338. The fourth-order valence-electron chi connectivity index (χ4n) is 3.51. The second-order valence-corrected chi connectivity index (χ2v) is 7.37. The molecule has 1 atom stereocenters. The van der Waals surface area contributed by atoms with Gasteiger partial charge in [-0.3, -0.25) is 9.59 Å². The van der Waals surface area contributed by atoms with Gasteiger partial charge in [0.05, 0.1) is 6.54 Å². The van der Waals surface area contributed by atoms with Crippen molar-refractivity contribution < 1.29 is 9.59 Å². The quantitative estimate of drug-likeness (QED) is 0.862. The first kappa shape index (κ1) is 16.2. The minimum atomic E-state index is -0.338. The highest BCUT2D eigenvalue weighted by atomic mass is 32.1. The van der Waals surface area contributed by atoms with Crippen LogP contribution in [-0.2, 0) is 16.1 Å². The van der Waals surface area contributed by atoms with Gasteiger partial charge in [0.1, 0.15) is 11.0 Å². The van der Waals surface area contributed by atoms with Crippen molar-refractivity contribution in [1.29, 1.82) is 0 Å². The molecule has 0 unspecified atom stereocenters. The minimum absolute atomic E-state index is 0.0968. The number of hydrogen-bond acceptors (Lipinski definition) is 6. The zero-order valence-corrected chi connectivity index (χ0v) is 14.0. The minimum Gasteiger partial charge on any atom is -0.374 e. The van der Waals surface area contributed by atoms with Gasteiger partial charge in [-0.1, -0.05) is 30.6 Å². The summed E-state index contributed by atoms with van der Waals surface area (Å²) in [5.41, 5.74) is 5.53. The van der Waals surface area contributed by atoms with Crippen molar-refractivity contribution in [3.05, 3.63) is 5.01 Å². The van der Waals surface area contributed by atoms with E-state index in [2.05, 4.69) is 15.5 Å². The molecule has 8 heteroatoms. The third kappa shape index (κ3) is 3.80. The Kier molecular flexibility index (Phi) is 5.09. The van der Waals surface area contributed by atoms with Crippen molar-refractivity contribution in [1.82, 2.24) is 20.4 Å². The number of carbonyl (C=O) groups is 2. The van der Waals surface area contributed by atoms with Crippen molar-refractivity contribution in [2.45, 2.75) is 57.5 Å².